The van der Waals surface area contributed by atoms with Crippen molar-refractivity contribution >= 4 is 11.6 Å². The predicted molar refractivity (Wildman–Crippen MR) is 105 cm³/mol. The highest BCUT2D eigenvalue weighted by atomic mass is 16.3. The van der Waals surface area contributed by atoms with Gasteiger partial charge in [-0.05, 0) is 45.1 Å². The number of aliphatic hydroxyl groups is 2. The summed E-state index contributed by atoms with van der Waals surface area (Å²) in [4.78, 5) is 23.1. The van der Waals surface area contributed by atoms with Gasteiger partial charge in [0.15, 0.2) is 11.6 Å². The lowest BCUT2D eigenvalue weighted by Crippen LogP contribution is -2.19. The van der Waals surface area contributed by atoms with E-state index in [9.17, 15) is 14.7 Å². The lowest BCUT2D eigenvalue weighted by Gasteiger charge is -2.17. The van der Waals surface area contributed by atoms with Gasteiger partial charge in [0.2, 0.25) is 0 Å². The van der Waals surface area contributed by atoms with Crippen LogP contribution in [0.5, 0.6) is 0 Å². The third-order valence-corrected chi connectivity index (χ3v) is 4.47. The molecule has 0 spiro atoms. The minimum absolute atomic E-state index is 0.0640. The second kappa shape index (κ2) is 11.8. The monoisotopic (exact) mass is 360 g/mol. The van der Waals surface area contributed by atoms with Crippen LogP contribution in [-0.2, 0) is 9.59 Å². The number of unbranched alkanes of at least 4 members (excludes halogenated alkanes) is 1. The molecular weight excluding hydrogens is 328 g/mol. The Morgan fingerprint density at radius 1 is 1.27 bits per heavy atom. The zero-order chi connectivity index (χ0) is 19.4. The van der Waals surface area contributed by atoms with E-state index in [1.165, 1.54) is 0 Å². The molecule has 0 bridgehead atoms. The maximum Gasteiger partial charge on any atom is 0.159 e. The van der Waals surface area contributed by atoms with E-state index in [1.807, 2.05) is 49.5 Å². The van der Waals surface area contributed by atoms with Gasteiger partial charge in [0.1, 0.15) is 6.61 Å². The summed E-state index contributed by atoms with van der Waals surface area (Å²) in [6, 6.07) is 0. The van der Waals surface area contributed by atoms with E-state index < -0.39 is 5.60 Å². The molecule has 1 aliphatic rings. The zero-order valence-corrected chi connectivity index (χ0v) is 15.9. The summed E-state index contributed by atoms with van der Waals surface area (Å²) in [6.07, 6.45) is 19.2. The van der Waals surface area contributed by atoms with Gasteiger partial charge in [-0.1, -0.05) is 49.5 Å². The molecule has 0 radical (unpaired) electrons. The van der Waals surface area contributed by atoms with Crippen LogP contribution in [-0.4, -0.2) is 34.0 Å². The van der Waals surface area contributed by atoms with Gasteiger partial charge in [0, 0.05) is 18.3 Å². The predicted octanol–water partition coefficient (Wildman–Crippen LogP) is 3.70. The first kappa shape index (κ1) is 22.3. The highest BCUT2D eigenvalue weighted by Crippen LogP contribution is 2.28. The molecule has 2 N–H and O–H groups in total. The Kier molecular flexibility index (Phi) is 10.1. The maximum atomic E-state index is 12.0. The molecule has 0 heterocycles. The van der Waals surface area contributed by atoms with Crippen molar-refractivity contribution < 1.29 is 19.8 Å². The first-order valence-corrected chi connectivity index (χ1v) is 9.46. The Labute approximate surface area is 157 Å². The highest BCUT2D eigenvalue weighted by Gasteiger charge is 2.27. The van der Waals surface area contributed by atoms with Crippen molar-refractivity contribution in [2.45, 2.75) is 58.0 Å². The minimum Gasteiger partial charge on any atom is -0.389 e. The van der Waals surface area contributed by atoms with E-state index in [0.29, 0.717) is 19.3 Å². The van der Waals surface area contributed by atoms with E-state index in [2.05, 4.69) is 0 Å². The molecule has 144 valence electrons. The van der Waals surface area contributed by atoms with E-state index in [4.69, 9.17) is 5.11 Å². The fourth-order valence-corrected chi connectivity index (χ4v) is 2.89. The lowest BCUT2D eigenvalue weighted by atomic mass is 9.90. The quantitative estimate of drug-likeness (QED) is 0.411. The van der Waals surface area contributed by atoms with Gasteiger partial charge in [-0.15, -0.1) is 0 Å². The Morgan fingerprint density at radius 2 is 2.04 bits per heavy atom. The number of rotatable bonds is 12. The van der Waals surface area contributed by atoms with Gasteiger partial charge in [-0.2, -0.15) is 0 Å². The number of ketones is 2. The molecule has 0 saturated heterocycles. The second-order valence-corrected chi connectivity index (χ2v) is 7.04. The zero-order valence-electron chi connectivity index (χ0n) is 15.9. The number of aliphatic hydroxyl groups excluding tert-OH is 1. The van der Waals surface area contributed by atoms with Crippen molar-refractivity contribution in [2.24, 2.45) is 11.8 Å². The summed E-state index contributed by atoms with van der Waals surface area (Å²) in [5.74, 6) is -0.0207. The highest BCUT2D eigenvalue weighted by molar-refractivity contribution is 5.95. The van der Waals surface area contributed by atoms with E-state index in [0.717, 1.165) is 19.3 Å². The van der Waals surface area contributed by atoms with Crippen LogP contribution in [0.25, 0.3) is 0 Å². The fraction of sp³-hybridized carbons (Fsp3) is 0.545. The number of allylic oxidation sites excluding steroid dienone is 6. The molecule has 0 aromatic heterocycles. The topological polar surface area (TPSA) is 74.6 Å². The van der Waals surface area contributed by atoms with Crippen LogP contribution < -0.4 is 0 Å². The van der Waals surface area contributed by atoms with Gasteiger partial charge >= 0.3 is 0 Å². The Bertz CT molecular complexity index is 567. The van der Waals surface area contributed by atoms with Gasteiger partial charge < -0.3 is 10.2 Å². The lowest BCUT2D eigenvalue weighted by molar-refractivity contribution is -0.121. The average Bonchev–Trinajstić information content (AvgIpc) is 2.96. The van der Waals surface area contributed by atoms with Gasteiger partial charge in [0.25, 0.3) is 0 Å². The number of carbonyl (C=O) groups excluding carboxylic acids is 2. The molecule has 0 fully saturated rings. The molecule has 4 heteroatoms. The molecule has 0 amide bonds. The fourth-order valence-electron chi connectivity index (χ4n) is 2.89. The molecule has 0 aromatic rings. The van der Waals surface area contributed by atoms with Crippen molar-refractivity contribution in [3.8, 4) is 0 Å². The Hall–Kier alpha value is -1.78. The number of Topliss-reactive ketones (excluding diaryl/α,β-unsaturated/α-hetero) is 1. The maximum absolute atomic E-state index is 12.0. The SMILES string of the molecule is CCC=CC(C)(O)CC=C[C@H]1C=CC(=O)[C@@H]1CC=CCCCC(=O)CO. The third-order valence-electron chi connectivity index (χ3n) is 4.47. The summed E-state index contributed by atoms with van der Waals surface area (Å²) in [5.41, 5.74) is -0.861. The molecule has 1 rings (SSSR count). The minimum atomic E-state index is -0.861. The molecule has 4 nitrogen and oxygen atoms in total. The normalized spacial score (nSPS) is 22.8. The van der Waals surface area contributed by atoms with Gasteiger partial charge in [-0.25, -0.2) is 0 Å². The average molecular weight is 360 g/mol. The largest absolute Gasteiger partial charge is 0.389 e. The van der Waals surface area contributed by atoms with Crippen molar-refractivity contribution in [3.63, 3.8) is 0 Å². The molecular formula is C22H32O4. The summed E-state index contributed by atoms with van der Waals surface area (Å²) >= 11 is 0. The van der Waals surface area contributed by atoms with Crippen molar-refractivity contribution in [3.05, 3.63) is 48.6 Å². The molecule has 1 aliphatic carbocycles. The molecule has 26 heavy (non-hydrogen) atoms. The van der Waals surface area contributed by atoms with Crippen LogP contribution >= 0.6 is 0 Å². The first-order chi connectivity index (χ1) is 12.4. The molecule has 3 atom stereocenters. The first-order valence-electron chi connectivity index (χ1n) is 9.46. The number of hydrogen-bond donors (Lipinski definition) is 2. The second-order valence-electron chi connectivity index (χ2n) is 7.04. The van der Waals surface area contributed by atoms with Crippen LogP contribution in [0.4, 0.5) is 0 Å². The van der Waals surface area contributed by atoms with E-state index in [-0.39, 0.29) is 30.0 Å². The Balaban J connectivity index is 2.45. The number of hydrogen-bond acceptors (Lipinski definition) is 4. The summed E-state index contributed by atoms with van der Waals surface area (Å²) in [5, 5.41) is 18.9. The molecule has 0 saturated carbocycles. The summed E-state index contributed by atoms with van der Waals surface area (Å²) < 4.78 is 0. The van der Waals surface area contributed by atoms with Crippen molar-refractivity contribution in [1.82, 2.24) is 0 Å². The molecule has 0 aromatic carbocycles. The van der Waals surface area contributed by atoms with E-state index >= 15 is 0 Å². The summed E-state index contributed by atoms with van der Waals surface area (Å²) in [6.45, 7) is 3.42. The smallest absolute Gasteiger partial charge is 0.159 e. The van der Waals surface area contributed by atoms with Gasteiger partial charge in [-0.3, -0.25) is 9.59 Å². The van der Waals surface area contributed by atoms with Crippen LogP contribution in [0.3, 0.4) is 0 Å². The standard InChI is InChI=1S/C22H32O4/c1-3-4-15-22(2,26)16-9-10-18-13-14-21(25)20(18)12-8-6-5-7-11-19(24)17-23/h4,6,8-10,13-15,18,20,23,26H,3,5,7,11-12,16-17H2,1-2H3/t18-,20+,22?/m0/s1. The van der Waals surface area contributed by atoms with Gasteiger partial charge in [0.05, 0.1) is 5.60 Å². The molecule has 0 aliphatic heterocycles. The van der Waals surface area contributed by atoms with Crippen LogP contribution in [0, 0.1) is 11.8 Å². The number of carbonyl (C=O) groups is 2. The Morgan fingerprint density at radius 3 is 2.73 bits per heavy atom. The van der Waals surface area contributed by atoms with Crippen LogP contribution in [0.15, 0.2) is 48.6 Å². The van der Waals surface area contributed by atoms with Crippen LogP contribution in [0.1, 0.15) is 52.4 Å². The van der Waals surface area contributed by atoms with Crippen molar-refractivity contribution in [1.29, 1.82) is 0 Å². The molecule has 1 unspecified atom stereocenters. The van der Waals surface area contributed by atoms with Crippen molar-refractivity contribution in [2.75, 3.05) is 6.61 Å². The summed E-state index contributed by atoms with van der Waals surface area (Å²) in [7, 11) is 0. The van der Waals surface area contributed by atoms with E-state index in [1.54, 1.807) is 13.0 Å². The third kappa shape index (κ3) is 8.54. The van der Waals surface area contributed by atoms with Crippen LogP contribution in [0.2, 0.25) is 0 Å².